The maximum atomic E-state index is 12.8. The lowest BCUT2D eigenvalue weighted by Crippen LogP contribution is -2.43. The third-order valence-electron chi connectivity index (χ3n) is 4.16. The van der Waals surface area contributed by atoms with E-state index in [1.807, 2.05) is 0 Å². The van der Waals surface area contributed by atoms with Crippen LogP contribution in [0.5, 0.6) is 0 Å². The van der Waals surface area contributed by atoms with Crippen molar-refractivity contribution in [2.24, 2.45) is 11.7 Å². The number of piperidine rings is 1. The molecule has 0 aromatic heterocycles. The Kier molecular flexibility index (Phi) is 5.86. The van der Waals surface area contributed by atoms with Crippen LogP contribution in [0, 0.1) is 5.92 Å². The first-order valence-corrected chi connectivity index (χ1v) is 7.93. The Morgan fingerprint density at radius 3 is 2.07 bits per heavy atom. The van der Waals surface area contributed by atoms with Gasteiger partial charge in [-0.25, -0.2) is 0 Å². The molecule has 0 aliphatic carbocycles. The van der Waals surface area contributed by atoms with Gasteiger partial charge in [0.2, 0.25) is 11.8 Å². The number of nitrogens with zero attached hydrogens (tertiary/aromatic N) is 1. The quantitative estimate of drug-likeness (QED) is 0.631. The predicted molar refractivity (Wildman–Crippen MR) is 84.0 cm³/mol. The Morgan fingerprint density at radius 2 is 1.59 bits per heavy atom. The first kappa shape index (κ1) is 20.8. The molecule has 0 radical (unpaired) electrons. The van der Waals surface area contributed by atoms with Crippen molar-refractivity contribution in [3.05, 3.63) is 41.0 Å². The summed E-state index contributed by atoms with van der Waals surface area (Å²) in [6, 6.07) is 1.07. The number of hydrogen-bond donors (Lipinski definition) is 1. The molecule has 4 nitrogen and oxygen atoms in total. The summed E-state index contributed by atoms with van der Waals surface area (Å²) in [5.41, 5.74) is 1.87. The fraction of sp³-hybridized carbons (Fsp3) is 0.412. The van der Waals surface area contributed by atoms with Gasteiger partial charge in [-0.05, 0) is 42.7 Å². The topological polar surface area (TPSA) is 63.4 Å². The highest BCUT2D eigenvalue weighted by molar-refractivity contribution is 5.92. The molecule has 1 aliphatic rings. The third kappa shape index (κ3) is 5.48. The standard InChI is InChI=1S/C17H16F6N2O2/c18-16(19,20)12-6-10(7-13(8-12)17(21,22)23)3-4-14(26)25-5-1-2-11(9-25)15(24)27/h3-4,6-8,11H,1-2,5,9H2,(H2,24,27)/b4-3+/t11-/m1/s1. The number of nitrogens with two attached hydrogens (primary N) is 1. The molecular formula is C17H16F6N2O2. The predicted octanol–water partition coefficient (Wildman–Crippen LogP) is 3.46. The van der Waals surface area contributed by atoms with Gasteiger partial charge < -0.3 is 10.6 Å². The highest BCUT2D eigenvalue weighted by Crippen LogP contribution is 2.36. The number of carbonyl (C=O) groups is 2. The van der Waals surface area contributed by atoms with E-state index in [1.54, 1.807) is 0 Å². The zero-order valence-electron chi connectivity index (χ0n) is 13.9. The van der Waals surface area contributed by atoms with E-state index in [1.165, 1.54) is 4.90 Å². The number of likely N-dealkylation sites (tertiary alicyclic amines) is 1. The van der Waals surface area contributed by atoms with E-state index in [0.29, 0.717) is 31.5 Å². The third-order valence-corrected chi connectivity index (χ3v) is 4.16. The monoisotopic (exact) mass is 394 g/mol. The molecule has 0 saturated carbocycles. The molecule has 0 unspecified atom stereocenters. The van der Waals surface area contributed by atoms with Crippen LogP contribution >= 0.6 is 0 Å². The lowest BCUT2D eigenvalue weighted by atomic mass is 9.97. The molecule has 1 fully saturated rings. The number of alkyl halides is 6. The van der Waals surface area contributed by atoms with Crippen LogP contribution in [0.4, 0.5) is 26.3 Å². The van der Waals surface area contributed by atoms with Gasteiger partial charge >= 0.3 is 12.4 Å². The molecule has 27 heavy (non-hydrogen) atoms. The zero-order chi connectivity index (χ0) is 20.4. The van der Waals surface area contributed by atoms with E-state index < -0.39 is 46.8 Å². The molecule has 2 N–H and O–H groups in total. The Balaban J connectivity index is 2.25. The molecule has 1 aromatic carbocycles. The average molecular weight is 394 g/mol. The SMILES string of the molecule is NC(=O)[C@@H]1CCCN(C(=O)/C=C/c2cc(C(F)(F)F)cc(C(F)(F)F)c2)C1. The van der Waals surface area contributed by atoms with E-state index >= 15 is 0 Å². The van der Waals surface area contributed by atoms with Crippen LogP contribution in [0.1, 0.15) is 29.5 Å². The number of amides is 2. The van der Waals surface area contributed by atoms with Crippen molar-refractivity contribution in [3.63, 3.8) is 0 Å². The molecule has 1 heterocycles. The fourth-order valence-corrected chi connectivity index (χ4v) is 2.76. The molecule has 2 rings (SSSR count). The Morgan fingerprint density at radius 1 is 1.04 bits per heavy atom. The summed E-state index contributed by atoms with van der Waals surface area (Å²) < 4.78 is 77.0. The van der Waals surface area contributed by atoms with Crippen LogP contribution in [0.2, 0.25) is 0 Å². The largest absolute Gasteiger partial charge is 0.416 e. The lowest BCUT2D eigenvalue weighted by molar-refractivity contribution is -0.143. The summed E-state index contributed by atoms with van der Waals surface area (Å²) in [5, 5.41) is 0. The van der Waals surface area contributed by atoms with Gasteiger partial charge in [0.15, 0.2) is 0 Å². The van der Waals surface area contributed by atoms with Gasteiger partial charge in [0.1, 0.15) is 0 Å². The summed E-state index contributed by atoms with van der Waals surface area (Å²) in [6.45, 7) is 0.387. The van der Waals surface area contributed by atoms with E-state index in [2.05, 4.69) is 0 Å². The molecule has 10 heteroatoms. The van der Waals surface area contributed by atoms with Crippen molar-refractivity contribution in [2.45, 2.75) is 25.2 Å². The van der Waals surface area contributed by atoms with Crippen molar-refractivity contribution < 1.29 is 35.9 Å². The van der Waals surface area contributed by atoms with Gasteiger partial charge in [-0.1, -0.05) is 0 Å². The fourth-order valence-electron chi connectivity index (χ4n) is 2.76. The van der Waals surface area contributed by atoms with Crippen LogP contribution in [-0.2, 0) is 21.9 Å². The molecule has 1 aliphatic heterocycles. The average Bonchev–Trinajstić information content (AvgIpc) is 2.58. The van der Waals surface area contributed by atoms with E-state index in [9.17, 15) is 35.9 Å². The van der Waals surface area contributed by atoms with Crippen molar-refractivity contribution >= 4 is 17.9 Å². The van der Waals surface area contributed by atoms with E-state index in [-0.39, 0.29) is 12.6 Å². The number of rotatable bonds is 3. The number of carbonyl (C=O) groups excluding carboxylic acids is 2. The van der Waals surface area contributed by atoms with Gasteiger partial charge in [-0.15, -0.1) is 0 Å². The van der Waals surface area contributed by atoms with Gasteiger partial charge in [0, 0.05) is 19.2 Å². The molecular weight excluding hydrogens is 378 g/mol. The molecule has 0 bridgehead atoms. The van der Waals surface area contributed by atoms with Crippen molar-refractivity contribution in [2.75, 3.05) is 13.1 Å². The van der Waals surface area contributed by atoms with Crippen molar-refractivity contribution in [1.29, 1.82) is 0 Å². The number of halogens is 6. The second-order valence-corrected chi connectivity index (χ2v) is 6.20. The number of benzene rings is 1. The highest BCUT2D eigenvalue weighted by atomic mass is 19.4. The molecule has 1 saturated heterocycles. The molecule has 1 aromatic rings. The lowest BCUT2D eigenvalue weighted by Gasteiger charge is -2.30. The Bertz CT molecular complexity index is 723. The van der Waals surface area contributed by atoms with Crippen molar-refractivity contribution in [1.82, 2.24) is 4.90 Å². The van der Waals surface area contributed by atoms with Gasteiger partial charge in [-0.2, -0.15) is 26.3 Å². The first-order chi connectivity index (χ1) is 12.4. The van der Waals surface area contributed by atoms with Crippen LogP contribution < -0.4 is 5.73 Å². The maximum absolute atomic E-state index is 12.8. The van der Waals surface area contributed by atoms with Crippen LogP contribution in [0.15, 0.2) is 24.3 Å². The van der Waals surface area contributed by atoms with E-state index in [0.717, 1.165) is 12.2 Å². The summed E-state index contributed by atoms with van der Waals surface area (Å²) in [6.07, 6.45) is -7.11. The Labute approximate surface area is 150 Å². The summed E-state index contributed by atoms with van der Waals surface area (Å²) in [5.74, 6) is -1.71. The highest BCUT2D eigenvalue weighted by Gasteiger charge is 2.36. The summed E-state index contributed by atoms with van der Waals surface area (Å²) >= 11 is 0. The Hall–Kier alpha value is -2.52. The normalized spacial score (nSPS) is 18.7. The van der Waals surface area contributed by atoms with Gasteiger partial charge in [0.25, 0.3) is 0 Å². The van der Waals surface area contributed by atoms with E-state index in [4.69, 9.17) is 5.73 Å². The van der Waals surface area contributed by atoms with Crippen LogP contribution in [0.3, 0.4) is 0 Å². The van der Waals surface area contributed by atoms with Gasteiger partial charge in [0.05, 0.1) is 17.0 Å². The summed E-state index contributed by atoms with van der Waals surface area (Å²) in [7, 11) is 0. The van der Waals surface area contributed by atoms with Crippen LogP contribution in [-0.4, -0.2) is 29.8 Å². The second kappa shape index (κ2) is 7.61. The molecule has 148 valence electrons. The number of primary amides is 1. The van der Waals surface area contributed by atoms with Crippen LogP contribution in [0.25, 0.3) is 6.08 Å². The zero-order valence-corrected chi connectivity index (χ0v) is 13.9. The van der Waals surface area contributed by atoms with Gasteiger partial charge in [-0.3, -0.25) is 9.59 Å². The number of hydrogen-bond acceptors (Lipinski definition) is 2. The minimum absolute atomic E-state index is 0.0151. The molecule has 1 atom stereocenters. The minimum Gasteiger partial charge on any atom is -0.369 e. The molecule has 2 amide bonds. The van der Waals surface area contributed by atoms with Crippen molar-refractivity contribution in [3.8, 4) is 0 Å². The first-order valence-electron chi connectivity index (χ1n) is 7.93. The second-order valence-electron chi connectivity index (χ2n) is 6.20. The molecule has 0 spiro atoms. The minimum atomic E-state index is -4.96. The summed E-state index contributed by atoms with van der Waals surface area (Å²) in [4.78, 5) is 24.6. The maximum Gasteiger partial charge on any atom is 0.416 e. The smallest absolute Gasteiger partial charge is 0.369 e.